The molecule has 2 aromatic rings. The van der Waals surface area contributed by atoms with Gasteiger partial charge in [-0.3, -0.25) is 9.78 Å². The van der Waals surface area contributed by atoms with Gasteiger partial charge in [0.15, 0.2) is 0 Å². The van der Waals surface area contributed by atoms with E-state index in [4.69, 9.17) is 4.74 Å². The number of pyridine rings is 1. The maximum Gasteiger partial charge on any atom is 0.306 e. The summed E-state index contributed by atoms with van der Waals surface area (Å²) < 4.78 is 17.6. The second kappa shape index (κ2) is 6.38. The molecule has 0 spiro atoms. The highest BCUT2D eigenvalue weighted by molar-refractivity contribution is 7.13. The van der Waals surface area contributed by atoms with Gasteiger partial charge in [0.25, 0.3) is 0 Å². The van der Waals surface area contributed by atoms with Crippen LogP contribution in [0.25, 0.3) is 10.7 Å². The summed E-state index contributed by atoms with van der Waals surface area (Å²) >= 11 is 1.43. The molecule has 2 heterocycles. The van der Waals surface area contributed by atoms with Crippen LogP contribution in [-0.4, -0.2) is 22.5 Å². The molecule has 2 aromatic heterocycles. The molecule has 0 aliphatic heterocycles. The van der Waals surface area contributed by atoms with Crippen molar-refractivity contribution in [1.82, 2.24) is 9.97 Å². The molecule has 0 aliphatic rings. The average molecular weight is 280 g/mol. The average Bonchev–Trinajstić information content (AvgIpc) is 2.86. The van der Waals surface area contributed by atoms with Crippen molar-refractivity contribution < 1.29 is 13.9 Å². The number of hydrogen-bond acceptors (Lipinski definition) is 5. The Morgan fingerprint density at radius 1 is 1.47 bits per heavy atom. The number of aryl methyl sites for hydroxylation is 1. The van der Waals surface area contributed by atoms with Gasteiger partial charge in [-0.05, 0) is 19.1 Å². The number of thiazole rings is 1. The Hall–Kier alpha value is -1.82. The van der Waals surface area contributed by atoms with Crippen molar-refractivity contribution in [2.75, 3.05) is 6.61 Å². The van der Waals surface area contributed by atoms with E-state index in [1.54, 1.807) is 13.0 Å². The van der Waals surface area contributed by atoms with Crippen LogP contribution in [0.1, 0.15) is 19.0 Å². The summed E-state index contributed by atoms with van der Waals surface area (Å²) in [6.07, 6.45) is 2.01. The minimum atomic E-state index is -0.372. The molecule has 0 aromatic carbocycles. The molecule has 0 amide bonds. The Balaban J connectivity index is 1.99. The van der Waals surface area contributed by atoms with Crippen molar-refractivity contribution in [3.05, 3.63) is 35.2 Å². The summed E-state index contributed by atoms with van der Waals surface area (Å²) in [6, 6.07) is 2.94. The SMILES string of the molecule is CCOC(=O)CCc1csc(-c2ccc(F)cn2)n1. The first-order chi connectivity index (χ1) is 9.19. The predicted octanol–water partition coefficient (Wildman–Crippen LogP) is 2.84. The van der Waals surface area contributed by atoms with Crippen LogP contribution < -0.4 is 0 Å². The number of hydrogen-bond donors (Lipinski definition) is 0. The van der Waals surface area contributed by atoms with Crippen molar-refractivity contribution in [1.29, 1.82) is 0 Å². The Kier molecular flexibility index (Phi) is 4.57. The third kappa shape index (κ3) is 3.82. The molecule has 0 N–H and O–H groups in total. The van der Waals surface area contributed by atoms with Gasteiger partial charge in [0, 0.05) is 11.8 Å². The second-order valence-electron chi connectivity index (χ2n) is 3.81. The third-order valence-electron chi connectivity index (χ3n) is 2.39. The molecular formula is C13H13FN2O2S. The summed E-state index contributed by atoms with van der Waals surface area (Å²) in [6.45, 7) is 2.17. The number of nitrogens with zero attached hydrogens (tertiary/aromatic N) is 2. The molecule has 0 aliphatic carbocycles. The number of esters is 1. The molecule has 4 nitrogen and oxygen atoms in total. The highest BCUT2D eigenvalue weighted by Gasteiger charge is 2.08. The molecule has 2 rings (SSSR count). The molecule has 100 valence electrons. The van der Waals surface area contributed by atoms with Gasteiger partial charge in [0.05, 0.1) is 30.6 Å². The van der Waals surface area contributed by atoms with E-state index >= 15 is 0 Å². The second-order valence-corrected chi connectivity index (χ2v) is 4.67. The van der Waals surface area contributed by atoms with E-state index in [9.17, 15) is 9.18 Å². The Bertz CT molecular complexity index is 554. The highest BCUT2D eigenvalue weighted by atomic mass is 32.1. The van der Waals surface area contributed by atoms with E-state index in [0.717, 1.165) is 16.9 Å². The minimum Gasteiger partial charge on any atom is -0.466 e. The molecule has 0 saturated heterocycles. The lowest BCUT2D eigenvalue weighted by Crippen LogP contribution is -2.05. The van der Waals surface area contributed by atoms with Crippen LogP contribution in [-0.2, 0) is 16.0 Å². The Morgan fingerprint density at radius 2 is 2.32 bits per heavy atom. The first-order valence-electron chi connectivity index (χ1n) is 5.91. The minimum absolute atomic E-state index is 0.225. The zero-order valence-corrected chi connectivity index (χ0v) is 11.2. The van der Waals surface area contributed by atoms with Crippen LogP contribution in [0.5, 0.6) is 0 Å². The molecule has 0 atom stereocenters. The molecule has 0 saturated carbocycles. The van der Waals surface area contributed by atoms with Crippen molar-refractivity contribution in [3.63, 3.8) is 0 Å². The lowest BCUT2D eigenvalue weighted by atomic mass is 10.2. The maximum atomic E-state index is 12.8. The highest BCUT2D eigenvalue weighted by Crippen LogP contribution is 2.22. The molecular weight excluding hydrogens is 267 g/mol. The van der Waals surface area contributed by atoms with Crippen molar-refractivity contribution in [2.24, 2.45) is 0 Å². The quantitative estimate of drug-likeness (QED) is 0.790. The zero-order chi connectivity index (χ0) is 13.7. The largest absolute Gasteiger partial charge is 0.466 e. The van der Waals surface area contributed by atoms with E-state index in [1.807, 2.05) is 5.38 Å². The molecule has 19 heavy (non-hydrogen) atoms. The fourth-order valence-corrected chi connectivity index (χ4v) is 2.33. The van der Waals surface area contributed by atoms with E-state index in [-0.39, 0.29) is 11.8 Å². The number of ether oxygens (including phenoxy) is 1. The van der Waals surface area contributed by atoms with Crippen molar-refractivity contribution in [3.8, 4) is 10.7 Å². The van der Waals surface area contributed by atoms with Crippen molar-refractivity contribution >= 4 is 17.3 Å². The molecule has 0 fully saturated rings. The Labute approximate surface area is 114 Å². The summed E-state index contributed by atoms with van der Waals surface area (Å²) in [5.74, 6) is -0.597. The van der Waals surface area contributed by atoms with Gasteiger partial charge in [0.1, 0.15) is 10.8 Å². The third-order valence-corrected chi connectivity index (χ3v) is 3.30. The number of rotatable bonds is 5. The number of carbonyl (C=O) groups is 1. The zero-order valence-electron chi connectivity index (χ0n) is 10.4. The number of carbonyl (C=O) groups excluding carboxylic acids is 1. The molecule has 0 radical (unpaired) electrons. The van der Waals surface area contributed by atoms with Gasteiger partial charge in [-0.2, -0.15) is 0 Å². The fraction of sp³-hybridized carbons (Fsp3) is 0.308. The lowest BCUT2D eigenvalue weighted by Gasteiger charge is -1.99. The van der Waals surface area contributed by atoms with Gasteiger partial charge in [-0.25, -0.2) is 9.37 Å². The van der Waals surface area contributed by atoms with Crippen LogP contribution in [0.15, 0.2) is 23.7 Å². The van der Waals surface area contributed by atoms with Crippen LogP contribution in [0, 0.1) is 5.82 Å². The van der Waals surface area contributed by atoms with Crippen LogP contribution in [0.3, 0.4) is 0 Å². The maximum absolute atomic E-state index is 12.8. The predicted molar refractivity (Wildman–Crippen MR) is 70.3 cm³/mol. The normalized spacial score (nSPS) is 10.4. The van der Waals surface area contributed by atoms with Crippen LogP contribution in [0.2, 0.25) is 0 Å². The molecule has 6 heteroatoms. The van der Waals surface area contributed by atoms with E-state index in [1.165, 1.54) is 17.4 Å². The first kappa shape index (κ1) is 13.6. The molecule has 0 unspecified atom stereocenters. The van der Waals surface area contributed by atoms with E-state index < -0.39 is 0 Å². The smallest absolute Gasteiger partial charge is 0.306 e. The van der Waals surface area contributed by atoms with Gasteiger partial charge in [-0.15, -0.1) is 11.3 Å². The first-order valence-corrected chi connectivity index (χ1v) is 6.79. The summed E-state index contributed by atoms with van der Waals surface area (Å²) in [5.41, 5.74) is 1.45. The topological polar surface area (TPSA) is 52.1 Å². The summed E-state index contributed by atoms with van der Waals surface area (Å²) in [4.78, 5) is 19.6. The van der Waals surface area contributed by atoms with Gasteiger partial charge in [0.2, 0.25) is 0 Å². The van der Waals surface area contributed by atoms with Gasteiger partial charge in [-0.1, -0.05) is 0 Å². The van der Waals surface area contributed by atoms with Crippen LogP contribution >= 0.6 is 11.3 Å². The van der Waals surface area contributed by atoms with Crippen molar-refractivity contribution in [2.45, 2.75) is 19.8 Å². The lowest BCUT2D eigenvalue weighted by molar-refractivity contribution is -0.143. The molecule has 0 bridgehead atoms. The number of halogens is 1. The summed E-state index contributed by atoms with van der Waals surface area (Å²) in [5, 5.41) is 2.60. The van der Waals surface area contributed by atoms with Gasteiger partial charge >= 0.3 is 5.97 Å². The number of aromatic nitrogens is 2. The Morgan fingerprint density at radius 3 is 3.00 bits per heavy atom. The van der Waals surface area contributed by atoms with Crippen LogP contribution in [0.4, 0.5) is 4.39 Å². The monoisotopic (exact) mass is 280 g/mol. The summed E-state index contributed by atoms with van der Waals surface area (Å²) in [7, 11) is 0. The van der Waals surface area contributed by atoms with Gasteiger partial charge < -0.3 is 4.74 Å². The van der Waals surface area contributed by atoms with E-state index in [2.05, 4.69) is 9.97 Å². The standard InChI is InChI=1S/C13H13FN2O2S/c1-2-18-12(17)6-4-10-8-19-13(16-10)11-5-3-9(14)7-15-11/h3,5,7-8H,2,4,6H2,1H3. The fourth-order valence-electron chi connectivity index (χ4n) is 1.51. The van der Waals surface area contributed by atoms with E-state index in [0.29, 0.717) is 25.1 Å².